The molecule has 0 aromatic heterocycles. The number of hydrogen-bond donors (Lipinski definition) is 4. The van der Waals surface area contributed by atoms with E-state index in [1.54, 1.807) is 24.3 Å². The summed E-state index contributed by atoms with van der Waals surface area (Å²) >= 11 is 0. The normalized spacial score (nSPS) is 24.5. The fourth-order valence-corrected chi connectivity index (χ4v) is 3.11. The summed E-state index contributed by atoms with van der Waals surface area (Å²) in [5, 5.41) is 14.0. The molecule has 2 aliphatic rings. The lowest BCUT2D eigenvalue weighted by atomic mass is 9.89. The second kappa shape index (κ2) is 7.61. The van der Waals surface area contributed by atoms with E-state index in [0.717, 1.165) is 0 Å². The van der Waals surface area contributed by atoms with Gasteiger partial charge in [-0.25, -0.2) is 8.78 Å². The predicted octanol–water partition coefficient (Wildman–Crippen LogP) is 2.54. The van der Waals surface area contributed by atoms with Crippen molar-refractivity contribution in [2.24, 2.45) is 5.73 Å². The molecule has 1 amide bonds. The molecular formula is C19H20F2N4O. The lowest BCUT2D eigenvalue weighted by Crippen LogP contribution is -2.36. The molecule has 1 fully saturated rings. The van der Waals surface area contributed by atoms with Crippen LogP contribution in [0, 0.1) is 11.2 Å². The Bertz CT molecular complexity index is 829. The van der Waals surface area contributed by atoms with Gasteiger partial charge in [-0.2, -0.15) is 0 Å². The van der Waals surface area contributed by atoms with Crippen molar-refractivity contribution >= 4 is 17.3 Å². The van der Waals surface area contributed by atoms with Crippen LogP contribution >= 0.6 is 0 Å². The third-order valence-corrected chi connectivity index (χ3v) is 4.55. The van der Waals surface area contributed by atoms with Gasteiger partial charge in [-0.1, -0.05) is 18.2 Å². The molecule has 5 N–H and O–H groups in total. The van der Waals surface area contributed by atoms with Crippen molar-refractivity contribution in [2.45, 2.75) is 18.5 Å². The molecule has 2 unspecified atom stereocenters. The van der Waals surface area contributed by atoms with Crippen molar-refractivity contribution in [2.75, 3.05) is 18.4 Å². The van der Waals surface area contributed by atoms with Crippen LogP contribution in [-0.2, 0) is 4.79 Å². The van der Waals surface area contributed by atoms with Crippen LogP contribution in [0.15, 0.2) is 53.8 Å². The van der Waals surface area contributed by atoms with E-state index in [-0.39, 0.29) is 11.3 Å². The van der Waals surface area contributed by atoms with Crippen LogP contribution in [0.1, 0.15) is 17.9 Å². The molecule has 2 atom stereocenters. The van der Waals surface area contributed by atoms with Gasteiger partial charge in [0.2, 0.25) is 0 Å². The highest BCUT2D eigenvalue weighted by molar-refractivity contribution is 6.28. The number of rotatable bonds is 4. The smallest absolute Gasteiger partial charge is 0.250 e. The molecule has 0 bridgehead atoms. The largest absolute Gasteiger partial charge is 0.366 e. The summed E-state index contributed by atoms with van der Waals surface area (Å²) in [7, 11) is 0. The number of alkyl halides is 1. The van der Waals surface area contributed by atoms with Crippen molar-refractivity contribution in [3.63, 3.8) is 0 Å². The molecule has 136 valence electrons. The molecule has 1 aliphatic carbocycles. The zero-order valence-corrected chi connectivity index (χ0v) is 14.1. The molecule has 0 radical (unpaired) electrons. The monoisotopic (exact) mass is 358 g/mol. The number of carbonyl (C=O) groups excluding carboxylic acids is 1. The Hall–Kier alpha value is -2.80. The average Bonchev–Trinajstić information content (AvgIpc) is 2.61. The van der Waals surface area contributed by atoms with Gasteiger partial charge in [-0.05, 0) is 36.7 Å². The first-order chi connectivity index (χ1) is 12.5. The highest BCUT2D eigenvalue weighted by atomic mass is 19.1. The summed E-state index contributed by atoms with van der Waals surface area (Å²) in [6.45, 7) is 1.02. The van der Waals surface area contributed by atoms with Gasteiger partial charge >= 0.3 is 0 Å². The van der Waals surface area contributed by atoms with Crippen LogP contribution in [0.25, 0.3) is 0 Å². The molecule has 26 heavy (non-hydrogen) atoms. The van der Waals surface area contributed by atoms with Gasteiger partial charge in [0.1, 0.15) is 12.0 Å². The zero-order chi connectivity index (χ0) is 18.7. The van der Waals surface area contributed by atoms with E-state index in [0.29, 0.717) is 36.3 Å². The Morgan fingerprint density at radius 3 is 2.92 bits per heavy atom. The van der Waals surface area contributed by atoms with E-state index < -0.39 is 23.8 Å². The number of hydrogen-bond acceptors (Lipinski definition) is 4. The zero-order valence-electron chi connectivity index (χ0n) is 14.1. The fraction of sp³-hybridized carbons (Fsp3) is 0.263. The Balaban J connectivity index is 1.74. The second-order valence-corrected chi connectivity index (χ2v) is 6.27. The molecule has 1 aliphatic heterocycles. The Kier molecular flexibility index (Phi) is 5.27. The maximum atomic E-state index is 14.4. The number of piperidine rings is 1. The van der Waals surface area contributed by atoms with Gasteiger partial charge in [0.25, 0.3) is 5.91 Å². The summed E-state index contributed by atoms with van der Waals surface area (Å²) in [5.41, 5.74) is 6.61. The van der Waals surface area contributed by atoms with Crippen LogP contribution in [0.4, 0.5) is 14.5 Å². The highest BCUT2D eigenvalue weighted by Gasteiger charge is 2.28. The number of nitrogens with one attached hydrogen (secondary N) is 3. The van der Waals surface area contributed by atoms with E-state index in [2.05, 4.69) is 10.6 Å². The van der Waals surface area contributed by atoms with Crippen molar-refractivity contribution in [1.29, 1.82) is 5.41 Å². The standard InChI is InChI=1S/C19H20F2N4O/c20-16-6-7-24-10-15(16)13-5-4-12(8-17(13)21)25-9-11-2-1-3-14(18(11)22)19(23)26/h1-5,8-9,15-16,22,24-25H,6-7,10H2,(H2,23,26)/b11-9-,22-18?. The van der Waals surface area contributed by atoms with Gasteiger partial charge in [-0.3, -0.25) is 10.2 Å². The summed E-state index contributed by atoms with van der Waals surface area (Å²) in [5.74, 6) is -1.65. The van der Waals surface area contributed by atoms with E-state index >= 15 is 0 Å². The quantitative estimate of drug-likeness (QED) is 0.667. The summed E-state index contributed by atoms with van der Waals surface area (Å²) in [4.78, 5) is 11.3. The lowest BCUT2D eigenvalue weighted by molar-refractivity contribution is -0.114. The summed E-state index contributed by atoms with van der Waals surface area (Å²) < 4.78 is 28.5. The maximum absolute atomic E-state index is 14.4. The lowest BCUT2D eigenvalue weighted by Gasteiger charge is -2.27. The predicted molar refractivity (Wildman–Crippen MR) is 97.4 cm³/mol. The minimum atomic E-state index is -1.06. The third-order valence-electron chi connectivity index (χ3n) is 4.55. The maximum Gasteiger partial charge on any atom is 0.250 e. The fourth-order valence-electron chi connectivity index (χ4n) is 3.11. The number of primary amides is 1. The van der Waals surface area contributed by atoms with E-state index in [1.165, 1.54) is 18.3 Å². The summed E-state index contributed by atoms with van der Waals surface area (Å²) in [6.07, 6.45) is 5.56. The highest BCUT2D eigenvalue weighted by Crippen LogP contribution is 2.29. The van der Waals surface area contributed by atoms with Gasteiger partial charge in [0, 0.05) is 29.9 Å². The Morgan fingerprint density at radius 2 is 2.23 bits per heavy atom. The van der Waals surface area contributed by atoms with Crippen LogP contribution in [0.5, 0.6) is 0 Å². The van der Waals surface area contributed by atoms with Gasteiger partial charge in [0.05, 0.1) is 11.3 Å². The number of anilines is 1. The van der Waals surface area contributed by atoms with Crippen LogP contribution < -0.4 is 16.4 Å². The Morgan fingerprint density at radius 1 is 1.42 bits per heavy atom. The first-order valence-corrected chi connectivity index (χ1v) is 8.36. The van der Waals surface area contributed by atoms with E-state index in [9.17, 15) is 13.6 Å². The van der Waals surface area contributed by atoms with E-state index in [4.69, 9.17) is 11.1 Å². The number of benzene rings is 1. The van der Waals surface area contributed by atoms with Crippen molar-refractivity contribution < 1.29 is 13.6 Å². The molecule has 0 saturated carbocycles. The molecule has 0 spiro atoms. The summed E-state index contributed by atoms with van der Waals surface area (Å²) in [6, 6.07) is 4.55. The van der Waals surface area contributed by atoms with Gasteiger partial charge in [-0.15, -0.1) is 0 Å². The second-order valence-electron chi connectivity index (χ2n) is 6.27. The van der Waals surface area contributed by atoms with Crippen molar-refractivity contribution in [3.05, 3.63) is 65.2 Å². The molecule has 1 saturated heterocycles. The number of halogens is 2. The van der Waals surface area contributed by atoms with Gasteiger partial charge < -0.3 is 16.4 Å². The molecule has 7 heteroatoms. The number of carbonyl (C=O) groups is 1. The minimum Gasteiger partial charge on any atom is -0.366 e. The van der Waals surface area contributed by atoms with Crippen LogP contribution in [-0.4, -0.2) is 30.9 Å². The third kappa shape index (κ3) is 3.72. The number of allylic oxidation sites excluding steroid dienone is 4. The van der Waals surface area contributed by atoms with Crippen molar-refractivity contribution in [3.8, 4) is 0 Å². The van der Waals surface area contributed by atoms with E-state index in [1.807, 2.05) is 0 Å². The molecule has 5 nitrogen and oxygen atoms in total. The topological polar surface area (TPSA) is 91.0 Å². The number of amides is 1. The van der Waals surface area contributed by atoms with Crippen LogP contribution in [0.2, 0.25) is 0 Å². The van der Waals surface area contributed by atoms with Crippen LogP contribution in [0.3, 0.4) is 0 Å². The molecule has 1 aromatic rings. The number of nitrogens with two attached hydrogens (primary N) is 1. The minimum absolute atomic E-state index is 0.00172. The molecule has 1 aromatic carbocycles. The first-order valence-electron chi connectivity index (χ1n) is 8.36. The molecule has 1 heterocycles. The first kappa shape index (κ1) is 18.0. The average molecular weight is 358 g/mol. The molecular weight excluding hydrogens is 338 g/mol. The van der Waals surface area contributed by atoms with Gasteiger partial charge in [0.15, 0.2) is 0 Å². The van der Waals surface area contributed by atoms with Crippen molar-refractivity contribution in [1.82, 2.24) is 5.32 Å². The molecule has 3 rings (SSSR count). The Labute approximate surface area is 150 Å². The SMILES string of the molecule is N=C1C(C(N)=O)=CC=C/C1=C/Nc1ccc(C2CNCCC2F)c(F)c1.